The molecule has 0 amide bonds. The second kappa shape index (κ2) is 41.2. The molecule has 16 rings (SSSR count). The number of benzene rings is 6. The van der Waals surface area contributed by atoms with E-state index in [1.807, 2.05) is 128 Å². The minimum Gasteiger partial charge on any atom is -0.426 e. The maximum Gasteiger partial charge on any atom is 0.304 e. The average molecular weight is 1660 g/mol. The summed E-state index contributed by atoms with van der Waals surface area (Å²) < 4.78 is 65.4. The van der Waals surface area contributed by atoms with Gasteiger partial charge >= 0.3 is 5.69 Å². The van der Waals surface area contributed by atoms with Crippen molar-refractivity contribution >= 4 is 111 Å². The van der Waals surface area contributed by atoms with Gasteiger partial charge in [0.2, 0.25) is 5.82 Å². The van der Waals surface area contributed by atoms with Crippen LogP contribution in [-0.2, 0) is 40.0 Å². The molecule has 0 radical (unpaired) electrons. The molecule has 1 unspecified atom stereocenters. The van der Waals surface area contributed by atoms with Crippen LogP contribution in [0.2, 0.25) is 0 Å². The lowest BCUT2D eigenvalue weighted by atomic mass is 10.0. The van der Waals surface area contributed by atoms with Gasteiger partial charge in [-0.05, 0) is 194 Å². The standard InChI is InChI=1S/C14H13N3O3S.C14H13N3O2S.C14H13N3OS.C14H14N2O2S.C13H11N3OS.C6H3F2NO2.C6H8N2/c1-20-17-13-6-5-11(21(2,18)19)8-12(13)16-14(17)10-4-3-7-15-9-10;1-19-17-13-6-5-11(20(2)18)8-12(13)16-14(17)10-4-3-7-15-9-10;1-18-17-13-6-5-11(19-2)8-12(13)16-14(17)10-4-3-7-15-9-10;1-19-13-6-7-14(16(17)18)12(9-13)5-4-11-3-2-8-15-10-11;1-18-10-4-5-12-11(7-10)15-13(16(12)17)9-3-2-6-14-8-9;7-4-1-2-6(9(10)11)5(8)3-4;7-4-6-2-1-3-8-5-6/h3-9H,1-2H3;3-9H,1-2H3;3-9H,1-2H3;2-3,6-10H,4-5H2,1H3;2-8,17H,1H3;1-3H;1-3,5H,4,7H2. The molecule has 1 atom stereocenters. The van der Waals surface area contributed by atoms with Gasteiger partial charge in [-0.15, -0.1) is 35.3 Å². The lowest BCUT2D eigenvalue weighted by molar-refractivity contribution is -0.387. The molecule has 0 spiro atoms. The quantitative estimate of drug-likeness (QED) is 0.0349. The van der Waals surface area contributed by atoms with Crippen molar-refractivity contribution < 1.29 is 51.0 Å². The molecule has 6 aromatic carbocycles. The molecule has 0 bridgehead atoms. The third kappa shape index (κ3) is 22.1. The van der Waals surface area contributed by atoms with E-state index in [0.29, 0.717) is 53.1 Å². The maximum absolute atomic E-state index is 12.4. The van der Waals surface area contributed by atoms with Crippen LogP contribution in [0.15, 0.2) is 281 Å². The molecule has 116 heavy (non-hydrogen) atoms. The van der Waals surface area contributed by atoms with Gasteiger partial charge in [0.15, 0.2) is 33.1 Å². The van der Waals surface area contributed by atoms with Gasteiger partial charge in [0.25, 0.3) is 5.69 Å². The van der Waals surface area contributed by atoms with Crippen molar-refractivity contribution in [1.82, 2.24) is 68.8 Å². The molecular weight excluding hydrogens is 1590 g/mol. The van der Waals surface area contributed by atoms with Crippen LogP contribution < -0.4 is 20.2 Å². The van der Waals surface area contributed by atoms with Crippen molar-refractivity contribution in [2.75, 3.05) is 52.6 Å². The fourth-order valence-corrected chi connectivity index (χ4v) is 13.6. The first-order valence-electron chi connectivity index (χ1n) is 34.6. The number of pyridine rings is 6. The lowest BCUT2D eigenvalue weighted by Crippen LogP contribution is -2.07. The molecule has 0 saturated heterocycles. The van der Waals surface area contributed by atoms with Gasteiger partial charge in [0, 0.05) is 170 Å². The van der Waals surface area contributed by atoms with E-state index in [9.17, 15) is 46.8 Å². The van der Waals surface area contributed by atoms with Crippen LogP contribution in [0.5, 0.6) is 0 Å². The van der Waals surface area contributed by atoms with Crippen LogP contribution in [0.1, 0.15) is 16.7 Å². The zero-order chi connectivity index (χ0) is 82.8. The molecular formula is C81H75F2N17O11S5. The number of hydrogen-bond acceptors (Lipinski definition) is 25. The van der Waals surface area contributed by atoms with E-state index in [4.69, 9.17) is 20.2 Å². The number of thioether (sulfide) groups is 3. The van der Waals surface area contributed by atoms with E-state index in [1.165, 1.54) is 18.3 Å². The molecule has 10 heterocycles. The number of nitrogens with zero attached hydrogens (tertiary/aromatic N) is 16. The maximum atomic E-state index is 12.4. The monoisotopic (exact) mass is 1660 g/mol. The van der Waals surface area contributed by atoms with Crippen LogP contribution in [0.4, 0.5) is 20.2 Å². The van der Waals surface area contributed by atoms with Crippen LogP contribution >= 0.6 is 35.3 Å². The fraction of sp³-hybridized carbons (Fsp3) is 0.136. The van der Waals surface area contributed by atoms with Crippen LogP contribution in [0.25, 0.3) is 89.7 Å². The van der Waals surface area contributed by atoms with Gasteiger partial charge in [0.1, 0.15) is 49.2 Å². The highest BCUT2D eigenvalue weighted by Crippen LogP contribution is 2.32. The molecule has 3 N–H and O–H groups in total. The molecule has 28 nitrogen and oxygen atoms in total. The number of rotatable bonds is 18. The zero-order valence-electron chi connectivity index (χ0n) is 63.4. The summed E-state index contributed by atoms with van der Waals surface area (Å²) >= 11 is 4.94. The summed E-state index contributed by atoms with van der Waals surface area (Å²) in [6.07, 6.45) is 31.0. The minimum atomic E-state index is -3.27. The predicted molar refractivity (Wildman–Crippen MR) is 447 cm³/mol. The zero-order valence-corrected chi connectivity index (χ0v) is 67.5. The molecule has 16 aromatic rings. The molecule has 0 aliphatic carbocycles. The second-order valence-corrected chi connectivity index (χ2v) is 30.3. The van der Waals surface area contributed by atoms with E-state index >= 15 is 0 Å². The first-order chi connectivity index (χ1) is 56.1. The average Bonchev–Trinajstić information content (AvgIpc) is 1.64. The first-order valence-corrected chi connectivity index (χ1v) is 41.8. The van der Waals surface area contributed by atoms with Gasteiger partial charge < -0.3 is 25.5 Å². The number of imidazole rings is 4. The van der Waals surface area contributed by atoms with E-state index < -0.39 is 42.9 Å². The normalized spacial score (nSPS) is 11.0. The Labute approximate surface area is 679 Å². The highest BCUT2D eigenvalue weighted by atomic mass is 32.2. The lowest BCUT2D eigenvalue weighted by Gasteiger charge is -2.06. The number of fused-ring (bicyclic) bond motifs is 4. The Morgan fingerprint density at radius 3 is 1.27 bits per heavy atom. The summed E-state index contributed by atoms with van der Waals surface area (Å²) in [6, 6.07) is 52.3. The molecule has 0 aliphatic heterocycles. The van der Waals surface area contributed by atoms with Crippen molar-refractivity contribution in [3.8, 4) is 45.6 Å². The molecule has 594 valence electrons. The molecule has 0 aliphatic rings. The largest absolute Gasteiger partial charge is 0.426 e. The molecule has 35 heteroatoms. The van der Waals surface area contributed by atoms with Crippen molar-refractivity contribution in [2.24, 2.45) is 5.73 Å². The smallest absolute Gasteiger partial charge is 0.304 e. The number of hydrogen-bond donors (Lipinski definition) is 2. The Hall–Kier alpha value is -12.9. The highest BCUT2D eigenvalue weighted by Gasteiger charge is 2.21. The number of sulfone groups is 1. The number of nitro benzene ring substituents is 2. The summed E-state index contributed by atoms with van der Waals surface area (Å²) in [6.45, 7) is 0.577. The number of halogens is 2. The summed E-state index contributed by atoms with van der Waals surface area (Å²) in [5, 5.41) is 31.1. The summed E-state index contributed by atoms with van der Waals surface area (Å²) in [5.41, 5.74) is 17.3. The third-order valence-corrected chi connectivity index (χ3v) is 21.0. The Morgan fingerprint density at radius 2 is 0.862 bits per heavy atom. The predicted octanol–water partition coefficient (Wildman–Crippen LogP) is 15.3. The topological polar surface area (TPSA) is 360 Å². The van der Waals surface area contributed by atoms with Crippen molar-refractivity contribution in [3.05, 3.63) is 305 Å². The van der Waals surface area contributed by atoms with E-state index in [0.717, 1.165) is 110 Å². The summed E-state index contributed by atoms with van der Waals surface area (Å²) in [5.74, 6) is 0.546. The Morgan fingerprint density at radius 1 is 0.474 bits per heavy atom. The van der Waals surface area contributed by atoms with E-state index in [-0.39, 0.29) is 15.5 Å². The van der Waals surface area contributed by atoms with Crippen molar-refractivity contribution in [3.63, 3.8) is 0 Å². The van der Waals surface area contributed by atoms with Gasteiger partial charge in [-0.25, -0.2) is 32.7 Å². The van der Waals surface area contributed by atoms with E-state index in [1.54, 1.807) is 181 Å². The van der Waals surface area contributed by atoms with Crippen LogP contribution in [0.3, 0.4) is 0 Å². The molecule has 0 saturated carbocycles. The van der Waals surface area contributed by atoms with Crippen LogP contribution in [-0.4, -0.2) is 149 Å². The van der Waals surface area contributed by atoms with Crippen molar-refractivity contribution in [2.45, 2.75) is 43.9 Å². The third-order valence-electron chi connectivity index (χ3n) is 16.8. The molecule has 10 aromatic heterocycles. The summed E-state index contributed by atoms with van der Waals surface area (Å²) in [7, 11) is 0.463. The van der Waals surface area contributed by atoms with Crippen LogP contribution in [0, 0.1) is 31.9 Å². The number of nitro groups is 2. The number of aromatic nitrogens is 14. The minimum absolute atomic E-state index is 0.196. The van der Waals surface area contributed by atoms with Gasteiger partial charge in [-0.1, -0.05) is 12.1 Å². The fourth-order valence-electron chi connectivity index (χ4n) is 11.1. The summed E-state index contributed by atoms with van der Waals surface area (Å²) in [4.78, 5) is 82.7. The molecule has 0 fully saturated rings. The van der Waals surface area contributed by atoms with E-state index in [2.05, 4.69) is 68.2 Å². The number of nitrogens with two attached hydrogens (primary N) is 1. The number of aryl methyl sites for hydroxylation is 2. The van der Waals surface area contributed by atoms with Crippen molar-refractivity contribution in [1.29, 1.82) is 0 Å². The second-order valence-electron chi connectivity index (χ2n) is 24.2. The Bertz CT molecular complexity index is 6130. The first kappa shape index (κ1) is 85.5. The Kier molecular flexibility index (Phi) is 30.4. The van der Waals surface area contributed by atoms with Gasteiger partial charge in [-0.3, -0.25) is 54.3 Å². The SMILES string of the molecule is COn1c(-c2cccnc2)nc2cc(S(C)(=O)=O)ccc21.COn1c(-c2cccnc2)nc2cc(S(C)=O)ccc21.COn1c(-c2cccnc2)nc2cc(SC)ccc21.CSc1ccc([N+](=O)[O-])c(CCc2cccnc2)c1.CSc1ccc2c(c1)nc(-c1cccnc1)n2O.NCc1cccnc1.O=[N+]([O-])c1ccc(F)cc1F. The highest BCUT2D eigenvalue weighted by molar-refractivity contribution is 7.99. The Balaban J connectivity index is 0.000000145. The van der Waals surface area contributed by atoms with Gasteiger partial charge in [0.05, 0.1) is 36.8 Å². The van der Waals surface area contributed by atoms with Gasteiger partial charge in [-0.2, -0.15) is 23.3 Å².